The van der Waals surface area contributed by atoms with Crippen LogP contribution in [0.25, 0.3) is 0 Å². The van der Waals surface area contributed by atoms with E-state index in [-0.39, 0.29) is 49.2 Å². The van der Waals surface area contributed by atoms with E-state index >= 15 is 0 Å². The molecule has 0 heterocycles. The molecule has 1 unspecified atom stereocenters. The van der Waals surface area contributed by atoms with Crippen molar-refractivity contribution >= 4 is 16.4 Å². The van der Waals surface area contributed by atoms with E-state index in [9.17, 15) is 17.8 Å². The molecule has 1 atom stereocenters. The van der Waals surface area contributed by atoms with Gasteiger partial charge in [-0.3, -0.25) is 4.18 Å². The number of carbonyl (C=O) groups excluding carboxylic acids is 1. The van der Waals surface area contributed by atoms with Crippen LogP contribution >= 0.6 is 0 Å². The molecule has 9 heteroatoms. The van der Waals surface area contributed by atoms with Crippen LogP contribution in [0.5, 0.6) is 0 Å². The zero-order valence-electron chi connectivity index (χ0n) is 21.2. The van der Waals surface area contributed by atoms with Crippen LogP contribution in [0, 0.1) is 0 Å². The topological polar surface area (TPSA) is 102 Å². The summed E-state index contributed by atoms with van der Waals surface area (Å²) in [5, 5.41) is 0. The summed E-state index contributed by atoms with van der Waals surface area (Å²) in [6, 6.07) is 0. The Morgan fingerprint density at radius 2 is 1.33 bits per heavy atom. The van der Waals surface area contributed by atoms with Crippen molar-refractivity contribution in [2.75, 3.05) is 19.8 Å². The van der Waals surface area contributed by atoms with Crippen molar-refractivity contribution < 1.29 is 61.0 Å². The molecule has 0 N–H and O–H groups in total. The molecular formula is C24H45NaO7S. The van der Waals surface area contributed by atoms with E-state index in [4.69, 9.17) is 9.47 Å². The number of unbranched alkanes of at least 4 members (excludes halogenated alkanes) is 11. The van der Waals surface area contributed by atoms with E-state index in [1.165, 1.54) is 38.5 Å². The molecule has 0 aliphatic carbocycles. The number of ether oxygens (including phenoxy) is 2. The van der Waals surface area contributed by atoms with Gasteiger partial charge in [0.05, 0.1) is 6.61 Å². The smallest absolute Gasteiger partial charge is 0.726 e. The van der Waals surface area contributed by atoms with Crippen LogP contribution in [0.1, 0.15) is 110 Å². The van der Waals surface area contributed by atoms with Crippen LogP contribution in [0.3, 0.4) is 0 Å². The van der Waals surface area contributed by atoms with E-state index in [1.807, 2.05) is 6.92 Å². The van der Waals surface area contributed by atoms with Crippen molar-refractivity contribution in [2.45, 2.75) is 116 Å². The van der Waals surface area contributed by atoms with E-state index in [0.29, 0.717) is 13.0 Å². The molecule has 190 valence electrons. The Hall–Kier alpha value is 0.0400. The van der Waals surface area contributed by atoms with E-state index < -0.39 is 22.5 Å². The van der Waals surface area contributed by atoms with Gasteiger partial charge in [0.25, 0.3) is 0 Å². The number of carbonyl (C=O) groups is 1. The predicted molar refractivity (Wildman–Crippen MR) is 126 cm³/mol. The van der Waals surface area contributed by atoms with E-state index in [0.717, 1.165) is 44.9 Å². The monoisotopic (exact) mass is 500 g/mol. The van der Waals surface area contributed by atoms with Gasteiger partial charge in [-0.2, -0.15) is 0 Å². The fourth-order valence-corrected chi connectivity index (χ4v) is 3.67. The molecule has 0 fully saturated rings. The molecule has 0 aromatic carbocycles. The standard InChI is InChI=1S/C24H46O7S.Na/c1-3-5-7-8-9-10-11-12-13-14-15-16-17-18-19-23(31-32(26,27)28)24(25)30-22-21-29-20-6-4-2;/h12-13,23H,3-11,14-22H2,1-2H3,(H,26,27,28);/q;+1/p-1/b13-12+;. The summed E-state index contributed by atoms with van der Waals surface area (Å²) in [7, 11) is -4.97. The molecule has 0 spiro atoms. The second-order valence-corrected chi connectivity index (χ2v) is 9.15. The number of esters is 1. The number of hydrogen-bond acceptors (Lipinski definition) is 7. The fraction of sp³-hybridized carbons (Fsp3) is 0.875. The fourth-order valence-electron chi connectivity index (χ4n) is 3.21. The molecule has 0 rings (SSSR count). The van der Waals surface area contributed by atoms with Gasteiger partial charge in [-0.1, -0.05) is 83.8 Å². The number of hydrogen-bond donors (Lipinski definition) is 0. The Labute approximate surface area is 224 Å². The van der Waals surface area contributed by atoms with Gasteiger partial charge < -0.3 is 14.0 Å². The van der Waals surface area contributed by atoms with Gasteiger partial charge in [-0.15, -0.1) is 0 Å². The van der Waals surface area contributed by atoms with Crippen molar-refractivity contribution in [1.29, 1.82) is 0 Å². The van der Waals surface area contributed by atoms with Crippen LogP contribution in [0.4, 0.5) is 0 Å². The molecule has 0 aromatic rings. The summed E-state index contributed by atoms with van der Waals surface area (Å²) in [6.07, 6.45) is 18.6. The Kier molecular flexibility index (Phi) is 26.8. The number of allylic oxidation sites excluding steroid dienone is 2. The normalized spacial score (nSPS) is 12.6. The molecular weight excluding hydrogens is 455 g/mol. The van der Waals surface area contributed by atoms with Gasteiger partial charge in [0.15, 0.2) is 6.10 Å². The van der Waals surface area contributed by atoms with Crippen LogP contribution in [-0.4, -0.2) is 44.9 Å². The Morgan fingerprint density at radius 1 is 0.788 bits per heavy atom. The second kappa shape index (κ2) is 25.1. The van der Waals surface area contributed by atoms with Crippen molar-refractivity contribution in [1.82, 2.24) is 0 Å². The zero-order valence-corrected chi connectivity index (χ0v) is 24.0. The average Bonchev–Trinajstić information content (AvgIpc) is 2.74. The van der Waals surface area contributed by atoms with Gasteiger partial charge in [0.1, 0.15) is 6.61 Å². The minimum Gasteiger partial charge on any atom is -0.726 e. The van der Waals surface area contributed by atoms with Crippen LogP contribution < -0.4 is 29.6 Å². The molecule has 0 aromatic heterocycles. The van der Waals surface area contributed by atoms with Gasteiger partial charge in [0, 0.05) is 6.61 Å². The van der Waals surface area contributed by atoms with E-state index in [1.54, 1.807) is 0 Å². The Bertz CT molecular complexity index is 567. The summed E-state index contributed by atoms with van der Waals surface area (Å²) < 4.78 is 47.5. The second-order valence-electron chi connectivity index (χ2n) is 8.15. The quantitative estimate of drug-likeness (QED) is 0.0531. The molecule has 0 amide bonds. The van der Waals surface area contributed by atoms with Crippen molar-refractivity contribution in [3.05, 3.63) is 12.2 Å². The first-order valence-electron chi connectivity index (χ1n) is 12.4. The summed E-state index contributed by atoms with van der Waals surface area (Å²) in [6.45, 7) is 5.09. The molecule has 33 heavy (non-hydrogen) atoms. The maximum Gasteiger partial charge on any atom is 1.00 e. The van der Waals surface area contributed by atoms with Gasteiger partial charge in [-0.05, 0) is 38.5 Å². The van der Waals surface area contributed by atoms with Crippen LogP contribution in [0.15, 0.2) is 12.2 Å². The maximum absolute atomic E-state index is 12.1. The summed E-state index contributed by atoms with van der Waals surface area (Å²) in [4.78, 5) is 12.1. The number of rotatable bonds is 23. The van der Waals surface area contributed by atoms with Gasteiger partial charge in [0.2, 0.25) is 10.4 Å². The third kappa shape index (κ3) is 26.5. The van der Waals surface area contributed by atoms with Gasteiger partial charge >= 0.3 is 35.5 Å². The first-order valence-corrected chi connectivity index (χ1v) is 13.8. The SMILES string of the molecule is CCCCCCCC/C=C/CCCCCCC(OS(=O)(=O)[O-])C(=O)OCCOCCCC.[Na+]. The summed E-state index contributed by atoms with van der Waals surface area (Å²) in [5.74, 6) is -0.832. The molecule has 0 aliphatic heterocycles. The third-order valence-electron chi connectivity index (χ3n) is 5.09. The van der Waals surface area contributed by atoms with E-state index in [2.05, 4.69) is 23.3 Å². The largest absolute Gasteiger partial charge is 1.00 e. The maximum atomic E-state index is 12.1. The van der Waals surface area contributed by atoms with Crippen molar-refractivity contribution in [2.24, 2.45) is 0 Å². The summed E-state index contributed by atoms with van der Waals surface area (Å²) >= 11 is 0. The third-order valence-corrected chi connectivity index (χ3v) is 5.56. The molecule has 0 saturated heterocycles. The first kappa shape index (κ1) is 35.2. The Balaban J connectivity index is 0. The minimum absolute atomic E-state index is 0. The molecule has 0 saturated carbocycles. The van der Waals surface area contributed by atoms with Crippen molar-refractivity contribution in [3.63, 3.8) is 0 Å². The summed E-state index contributed by atoms with van der Waals surface area (Å²) in [5.41, 5.74) is 0. The molecule has 0 radical (unpaired) electrons. The minimum atomic E-state index is -4.97. The van der Waals surface area contributed by atoms with Crippen LogP contribution in [0.2, 0.25) is 0 Å². The zero-order chi connectivity index (χ0) is 23.9. The van der Waals surface area contributed by atoms with Crippen molar-refractivity contribution in [3.8, 4) is 0 Å². The average molecular weight is 501 g/mol. The molecule has 0 bridgehead atoms. The Morgan fingerprint density at radius 3 is 1.91 bits per heavy atom. The first-order chi connectivity index (χ1) is 15.4. The van der Waals surface area contributed by atoms with Gasteiger partial charge in [-0.25, -0.2) is 13.2 Å². The van der Waals surface area contributed by atoms with Crippen LogP contribution in [-0.2, 0) is 28.9 Å². The molecule has 0 aliphatic rings. The predicted octanol–water partition coefficient (Wildman–Crippen LogP) is 2.84. The molecule has 7 nitrogen and oxygen atoms in total.